The number of rotatable bonds is 2. The summed E-state index contributed by atoms with van der Waals surface area (Å²) >= 11 is 5.99. The predicted octanol–water partition coefficient (Wildman–Crippen LogP) is 4.31. The SMILES string of the molecule is CCOC(=O)N1C=CC(c2cccc(Cl)c2)C=C1C. The number of benzene rings is 1. The first-order valence-corrected chi connectivity index (χ1v) is 6.58. The van der Waals surface area contributed by atoms with E-state index < -0.39 is 0 Å². The lowest BCUT2D eigenvalue weighted by Crippen LogP contribution is -2.27. The fourth-order valence-corrected chi connectivity index (χ4v) is 2.21. The summed E-state index contributed by atoms with van der Waals surface area (Å²) in [5.41, 5.74) is 1.96. The summed E-state index contributed by atoms with van der Waals surface area (Å²) in [7, 11) is 0. The minimum Gasteiger partial charge on any atom is -0.449 e. The number of carbonyl (C=O) groups is 1. The summed E-state index contributed by atoms with van der Waals surface area (Å²) in [5.74, 6) is 0.129. The first kappa shape index (κ1) is 13.7. The number of nitrogens with zero attached hydrogens (tertiary/aromatic N) is 1. The minimum absolute atomic E-state index is 0.129. The van der Waals surface area contributed by atoms with Crippen LogP contribution in [0.5, 0.6) is 0 Å². The van der Waals surface area contributed by atoms with Crippen molar-refractivity contribution in [3.63, 3.8) is 0 Å². The fourth-order valence-electron chi connectivity index (χ4n) is 2.01. The smallest absolute Gasteiger partial charge is 0.418 e. The Hall–Kier alpha value is -1.74. The van der Waals surface area contributed by atoms with Crippen molar-refractivity contribution in [2.45, 2.75) is 19.8 Å². The van der Waals surface area contributed by atoms with Gasteiger partial charge in [0, 0.05) is 22.8 Å². The molecule has 2 rings (SSSR count). The summed E-state index contributed by atoms with van der Waals surface area (Å²) in [6.45, 7) is 4.05. The second-order valence-electron chi connectivity index (χ2n) is 4.30. The number of amides is 1. The molecule has 1 atom stereocenters. The van der Waals surface area contributed by atoms with Crippen LogP contribution >= 0.6 is 11.6 Å². The second-order valence-corrected chi connectivity index (χ2v) is 4.74. The van der Waals surface area contributed by atoms with Gasteiger partial charge in [-0.1, -0.05) is 35.9 Å². The molecule has 1 aliphatic heterocycles. The summed E-state index contributed by atoms with van der Waals surface area (Å²) < 4.78 is 4.99. The first-order chi connectivity index (χ1) is 9.11. The molecular weight excluding hydrogens is 262 g/mol. The molecule has 0 spiro atoms. The molecule has 1 aromatic carbocycles. The monoisotopic (exact) mass is 277 g/mol. The van der Waals surface area contributed by atoms with Crippen LogP contribution < -0.4 is 0 Å². The molecule has 4 heteroatoms. The van der Waals surface area contributed by atoms with Crippen molar-refractivity contribution >= 4 is 17.7 Å². The van der Waals surface area contributed by atoms with E-state index in [4.69, 9.17) is 16.3 Å². The normalized spacial score (nSPS) is 18.2. The van der Waals surface area contributed by atoms with Gasteiger partial charge in [0.2, 0.25) is 0 Å². The van der Waals surface area contributed by atoms with Crippen molar-refractivity contribution < 1.29 is 9.53 Å². The van der Waals surface area contributed by atoms with Crippen LogP contribution in [-0.4, -0.2) is 17.6 Å². The molecule has 0 aliphatic carbocycles. The van der Waals surface area contributed by atoms with Crippen LogP contribution in [0.25, 0.3) is 0 Å². The average molecular weight is 278 g/mol. The Labute approximate surface area is 118 Å². The van der Waals surface area contributed by atoms with Gasteiger partial charge >= 0.3 is 6.09 Å². The molecule has 1 heterocycles. The van der Waals surface area contributed by atoms with Crippen LogP contribution in [0.3, 0.4) is 0 Å². The highest BCUT2D eigenvalue weighted by atomic mass is 35.5. The molecule has 1 amide bonds. The predicted molar refractivity (Wildman–Crippen MR) is 76.0 cm³/mol. The summed E-state index contributed by atoms with van der Waals surface area (Å²) in [4.78, 5) is 13.2. The summed E-state index contributed by atoms with van der Waals surface area (Å²) in [5, 5.41) is 0.713. The Morgan fingerprint density at radius 3 is 2.89 bits per heavy atom. The van der Waals surface area contributed by atoms with E-state index >= 15 is 0 Å². The zero-order valence-corrected chi connectivity index (χ0v) is 11.7. The highest BCUT2D eigenvalue weighted by Crippen LogP contribution is 2.28. The van der Waals surface area contributed by atoms with Crippen molar-refractivity contribution in [2.75, 3.05) is 6.61 Å². The minimum atomic E-state index is -0.350. The lowest BCUT2D eigenvalue weighted by Gasteiger charge is -2.24. The molecule has 0 fully saturated rings. The zero-order chi connectivity index (χ0) is 13.8. The Morgan fingerprint density at radius 2 is 2.26 bits per heavy atom. The van der Waals surface area contributed by atoms with Gasteiger partial charge < -0.3 is 4.74 Å². The standard InChI is InChI=1S/C15H16ClNO2/c1-3-19-15(18)17-8-7-13(9-11(17)2)12-5-4-6-14(16)10-12/h4-10,13H,3H2,1-2H3. The van der Waals surface area contributed by atoms with Gasteiger partial charge in [-0.15, -0.1) is 0 Å². The van der Waals surface area contributed by atoms with Crippen molar-refractivity contribution in [2.24, 2.45) is 0 Å². The van der Waals surface area contributed by atoms with E-state index in [1.165, 1.54) is 4.90 Å². The maximum Gasteiger partial charge on any atom is 0.418 e. The maximum atomic E-state index is 11.7. The number of carbonyl (C=O) groups excluding carboxylic acids is 1. The molecule has 1 aliphatic rings. The zero-order valence-electron chi connectivity index (χ0n) is 11.0. The van der Waals surface area contributed by atoms with Crippen molar-refractivity contribution in [3.05, 3.63) is 58.9 Å². The largest absolute Gasteiger partial charge is 0.449 e. The second kappa shape index (κ2) is 5.93. The molecule has 0 aromatic heterocycles. The lowest BCUT2D eigenvalue weighted by atomic mass is 9.96. The molecule has 3 nitrogen and oxygen atoms in total. The van der Waals surface area contributed by atoms with E-state index in [-0.39, 0.29) is 12.0 Å². The molecule has 0 saturated heterocycles. The van der Waals surface area contributed by atoms with Gasteiger partial charge in [-0.25, -0.2) is 4.79 Å². The van der Waals surface area contributed by atoms with Gasteiger partial charge in [-0.05, 0) is 31.5 Å². The molecule has 1 aromatic rings. The topological polar surface area (TPSA) is 29.5 Å². The van der Waals surface area contributed by atoms with E-state index in [9.17, 15) is 4.79 Å². The molecular formula is C15H16ClNO2. The van der Waals surface area contributed by atoms with Crippen LogP contribution in [0.15, 0.2) is 48.3 Å². The van der Waals surface area contributed by atoms with Gasteiger partial charge in [0.1, 0.15) is 0 Å². The fraction of sp³-hybridized carbons (Fsp3) is 0.267. The quantitative estimate of drug-likeness (QED) is 0.806. The van der Waals surface area contributed by atoms with E-state index in [0.717, 1.165) is 11.3 Å². The van der Waals surface area contributed by atoms with E-state index in [0.29, 0.717) is 11.6 Å². The van der Waals surface area contributed by atoms with Crippen LogP contribution in [0, 0.1) is 0 Å². The van der Waals surface area contributed by atoms with E-state index in [2.05, 4.69) is 0 Å². The third-order valence-electron chi connectivity index (χ3n) is 2.94. The van der Waals surface area contributed by atoms with Crippen molar-refractivity contribution in [1.29, 1.82) is 0 Å². The molecule has 0 bridgehead atoms. The molecule has 100 valence electrons. The average Bonchev–Trinajstić information content (AvgIpc) is 2.38. The maximum absolute atomic E-state index is 11.7. The highest BCUT2D eigenvalue weighted by Gasteiger charge is 2.19. The third-order valence-corrected chi connectivity index (χ3v) is 3.18. The third kappa shape index (κ3) is 3.18. The van der Waals surface area contributed by atoms with Gasteiger partial charge in [-0.2, -0.15) is 0 Å². The van der Waals surface area contributed by atoms with Gasteiger partial charge in [0.15, 0.2) is 0 Å². The van der Waals surface area contributed by atoms with Crippen LogP contribution in [0.1, 0.15) is 25.3 Å². The summed E-state index contributed by atoms with van der Waals surface area (Å²) in [6.07, 6.45) is 5.37. The van der Waals surface area contributed by atoms with Crippen LogP contribution in [-0.2, 0) is 4.74 Å². The van der Waals surface area contributed by atoms with Gasteiger partial charge in [-0.3, -0.25) is 4.90 Å². The van der Waals surface area contributed by atoms with E-state index in [1.807, 2.05) is 43.3 Å². The molecule has 19 heavy (non-hydrogen) atoms. The number of allylic oxidation sites excluding steroid dienone is 3. The molecule has 1 unspecified atom stereocenters. The van der Waals surface area contributed by atoms with Gasteiger partial charge in [0.05, 0.1) is 6.61 Å². The van der Waals surface area contributed by atoms with E-state index in [1.54, 1.807) is 13.1 Å². The van der Waals surface area contributed by atoms with Crippen molar-refractivity contribution in [3.8, 4) is 0 Å². The Kier molecular flexibility index (Phi) is 4.27. The molecule has 0 N–H and O–H groups in total. The highest BCUT2D eigenvalue weighted by molar-refractivity contribution is 6.30. The molecule has 0 radical (unpaired) electrons. The van der Waals surface area contributed by atoms with Crippen LogP contribution in [0.4, 0.5) is 4.79 Å². The number of halogens is 1. The number of hydrogen-bond acceptors (Lipinski definition) is 2. The van der Waals surface area contributed by atoms with Crippen LogP contribution in [0.2, 0.25) is 5.02 Å². The Balaban J connectivity index is 2.18. The molecule has 0 saturated carbocycles. The summed E-state index contributed by atoms with van der Waals surface area (Å²) in [6, 6.07) is 7.72. The van der Waals surface area contributed by atoms with Crippen molar-refractivity contribution in [1.82, 2.24) is 4.90 Å². The lowest BCUT2D eigenvalue weighted by molar-refractivity contribution is 0.130. The Morgan fingerprint density at radius 1 is 1.47 bits per heavy atom. The number of hydrogen-bond donors (Lipinski definition) is 0. The van der Waals surface area contributed by atoms with Gasteiger partial charge in [0.25, 0.3) is 0 Å². The first-order valence-electron chi connectivity index (χ1n) is 6.20. The Bertz CT molecular complexity index is 537. The number of ether oxygens (including phenoxy) is 1.